The van der Waals surface area contributed by atoms with Gasteiger partial charge >= 0.3 is 0 Å². The van der Waals surface area contributed by atoms with Crippen LogP contribution in [-0.2, 0) is 9.53 Å². The van der Waals surface area contributed by atoms with Crippen LogP contribution in [0.2, 0.25) is 5.02 Å². The van der Waals surface area contributed by atoms with Gasteiger partial charge in [0.2, 0.25) is 5.91 Å². The van der Waals surface area contributed by atoms with E-state index in [1.807, 2.05) is 14.0 Å². The van der Waals surface area contributed by atoms with Crippen molar-refractivity contribution < 1.29 is 9.53 Å². The van der Waals surface area contributed by atoms with Crippen molar-refractivity contribution in [1.82, 2.24) is 4.90 Å². The molecule has 5 nitrogen and oxygen atoms in total. The van der Waals surface area contributed by atoms with Gasteiger partial charge in [-0.05, 0) is 45.1 Å². The number of rotatable bonds is 9. The SMILES string of the molecule is CCOCCN(C)CCCC(=O)Nc1ccc(Cl)cc1N. The number of nitrogens with two attached hydrogens (primary N) is 1. The Morgan fingerprint density at radius 3 is 2.86 bits per heavy atom. The number of carbonyl (C=O) groups excluding carboxylic acids is 1. The van der Waals surface area contributed by atoms with Gasteiger partial charge in [0.25, 0.3) is 0 Å². The van der Waals surface area contributed by atoms with Crippen LogP contribution in [-0.4, -0.2) is 44.2 Å². The van der Waals surface area contributed by atoms with Crippen molar-refractivity contribution in [3.63, 3.8) is 0 Å². The van der Waals surface area contributed by atoms with Gasteiger partial charge in [0.15, 0.2) is 0 Å². The lowest BCUT2D eigenvalue weighted by molar-refractivity contribution is -0.116. The molecule has 0 radical (unpaired) electrons. The average Bonchev–Trinajstić information content (AvgIpc) is 2.42. The fraction of sp³-hybridized carbons (Fsp3) is 0.533. The lowest BCUT2D eigenvalue weighted by Crippen LogP contribution is -2.25. The molecule has 0 atom stereocenters. The zero-order valence-electron chi connectivity index (χ0n) is 12.7. The molecule has 0 aliphatic carbocycles. The van der Waals surface area contributed by atoms with Crippen molar-refractivity contribution in [2.24, 2.45) is 0 Å². The van der Waals surface area contributed by atoms with Gasteiger partial charge in [0.1, 0.15) is 0 Å². The largest absolute Gasteiger partial charge is 0.397 e. The molecule has 21 heavy (non-hydrogen) atoms. The molecule has 0 unspecified atom stereocenters. The summed E-state index contributed by atoms with van der Waals surface area (Å²) in [6, 6.07) is 5.04. The Morgan fingerprint density at radius 2 is 2.19 bits per heavy atom. The van der Waals surface area contributed by atoms with Gasteiger partial charge < -0.3 is 20.7 Å². The lowest BCUT2D eigenvalue weighted by Gasteiger charge is -2.16. The van der Waals surface area contributed by atoms with Gasteiger partial charge in [0.05, 0.1) is 18.0 Å². The maximum atomic E-state index is 11.8. The number of nitrogens with zero attached hydrogens (tertiary/aromatic N) is 1. The van der Waals surface area contributed by atoms with Crippen LogP contribution in [0, 0.1) is 0 Å². The number of nitrogen functional groups attached to an aromatic ring is 1. The van der Waals surface area contributed by atoms with Gasteiger partial charge in [0, 0.05) is 24.6 Å². The third-order valence-corrected chi connectivity index (χ3v) is 3.29. The second-order valence-electron chi connectivity index (χ2n) is 4.88. The predicted octanol–water partition coefficient (Wildman–Crippen LogP) is 2.61. The van der Waals surface area contributed by atoms with Crippen LogP contribution in [0.5, 0.6) is 0 Å². The van der Waals surface area contributed by atoms with Crippen LogP contribution in [0.3, 0.4) is 0 Å². The summed E-state index contributed by atoms with van der Waals surface area (Å²) in [7, 11) is 2.02. The second-order valence-corrected chi connectivity index (χ2v) is 5.32. The number of carbonyl (C=O) groups is 1. The highest BCUT2D eigenvalue weighted by atomic mass is 35.5. The van der Waals surface area contributed by atoms with E-state index in [1.165, 1.54) is 0 Å². The quantitative estimate of drug-likeness (QED) is 0.543. The van der Waals surface area contributed by atoms with E-state index in [0.29, 0.717) is 22.8 Å². The van der Waals surface area contributed by atoms with E-state index >= 15 is 0 Å². The smallest absolute Gasteiger partial charge is 0.224 e. The number of ether oxygens (including phenoxy) is 1. The third kappa shape index (κ3) is 7.32. The second kappa shape index (κ2) is 9.60. The molecule has 1 aromatic rings. The molecular weight excluding hydrogens is 290 g/mol. The molecule has 1 aromatic carbocycles. The van der Waals surface area contributed by atoms with E-state index in [4.69, 9.17) is 22.1 Å². The number of halogens is 1. The van der Waals surface area contributed by atoms with Gasteiger partial charge in [-0.3, -0.25) is 4.79 Å². The third-order valence-electron chi connectivity index (χ3n) is 3.05. The first-order chi connectivity index (χ1) is 10.0. The molecule has 0 aliphatic rings. The molecular formula is C15H24ClN3O2. The fourth-order valence-corrected chi connectivity index (χ4v) is 2.03. The summed E-state index contributed by atoms with van der Waals surface area (Å²) in [5.74, 6) is -0.0396. The van der Waals surface area contributed by atoms with Crippen molar-refractivity contribution in [2.45, 2.75) is 19.8 Å². The molecule has 0 spiro atoms. The van der Waals surface area contributed by atoms with Crippen LogP contribution >= 0.6 is 11.6 Å². The first kappa shape index (κ1) is 17.8. The zero-order chi connectivity index (χ0) is 15.7. The van der Waals surface area contributed by atoms with E-state index in [9.17, 15) is 4.79 Å². The summed E-state index contributed by atoms with van der Waals surface area (Å²) < 4.78 is 5.29. The molecule has 0 saturated carbocycles. The van der Waals surface area contributed by atoms with E-state index in [-0.39, 0.29) is 5.91 Å². The van der Waals surface area contributed by atoms with Crippen molar-refractivity contribution >= 4 is 28.9 Å². The number of amides is 1. The number of anilines is 2. The van der Waals surface area contributed by atoms with E-state index in [2.05, 4.69) is 10.2 Å². The molecule has 0 aromatic heterocycles. The van der Waals surface area contributed by atoms with E-state index < -0.39 is 0 Å². The Balaban J connectivity index is 2.25. The van der Waals surface area contributed by atoms with Crippen molar-refractivity contribution in [2.75, 3.05) is 44.4 Å². The van der Waals surface area contributed by atoms with Crippen molar-refractivity contribution in [1.29, 1.82) is 0 Å². The monoisotopic (exact) mass is 313 g/mol. The van der Waals surface area contributed by atoms with Crippen LogP contribution < -0.4 is 11.1 Å². The van der Waals surface area contributed by atoms with Crippen LogP contribution in [0.25, 0.3) is 0 Å². The highest BCUT2D eigenvalue weighted by molar-refractivity contribution is 6.31. The lowest BCUT2D eigenvalue weighted by atomic mass is 10.2. The van der Waals surface area contributed by atoms with Crippen molar-refractivity contribution in [3.05, 3.63) is 23.2 Å². The van der Waals surface area contributed by atoms with Gasteiger partial charge in [-0.25, -0.2) is 0 Å². The summed E-state index contributed by atoms with van der Waals surface area (Å²) in [4.78, 5) is 14.0. The minimum Gasteiger partial charge on any atom is -0.397 e. The Labute approximate surface area is 131 Å². The first-order valence-corrected chi connectivity index (χ1v) is 7.52. The molecule has 0 bridgehead atoms. The zero-order valence-corrected chi connectivity index (χ0v) is 13.4. The fourth-order valence-electron chi connectivity index (χ4n) is 1.85. The van der Waals surface area contributed by atoms with Crippen LogP contribution in [0.4, 0.5) is 11.4 Å². The Morgan fingerprint density at radius 1 is 1.43 bits per heavy atom. The molecule has 0 fully saturated rings. The number of hydrogen-bond acceptors (Lipinski definition) is 4. The molecule has 0 heterocycles. The highest BCUT2D eigenvalue weighted by Crippen LogP contribution is 2.22. The van der Waals surface area contributed by atoms with Crippen molar-refractivity contribution in [3.8, 4) is 0 Å². The Kier molecular flexibility index (Phi) is 8.12. The maximum absolute atomic E-state index is 11.8. The van der Waals surface area contributed by atoms with Gasteiger partial charge in [-0.15, -0.1) is 0 Å². The predicted molar refractivity (Wildman–Crippen MR) is 87.7 cm³/mol. The molecule has 118 valence electrons. The molecule has 3 N–H and O–H groups in total. The normalized spacial score (nSPS) is 10.9. The summed E-state index contributed by atoms with van der Waals surface area (Å²) in [5, 5.41) is 3.35. The highest BCUT2D eigenvalue weighted by Gasteiger charge is 2.06. The Bertz CT molecular complexity index is 455. The molecule has 1 amide bonds. The topological polar surface area (TPSA) is 67.6 Å². The summed E-state index contributed by atoms with van der Waals surface area (Å²) in [5.41, 5.74) is 6.88. The molecule has 0 saturated heterocycles. The van der Waals surface area contributed by atoms with Crippen LogP contribution in [0.15, 0.2) is 18.2 Å². The first-order valence-electron chi connectivity index (χ1n) is 7.14. The summed E-state index contributed by atoms with van der Waals surface area (Å²) in [6.07, 6.45) is 1.25. The Hall–Kier alpha value is -1.30. The summed E-state index contributed by atoms with van der Waals surface area (Å²) in [6.45, 7) is 5.17. The van der Waals surface area contributed by atoms with Crippen LogP contribution in [0.1, 0.15) is 19.8 Å². The minimum absolute atomic E-state index is 0.0396. The van der Waals surface area contributed by atoms with Gasteiger partial charge in [-0.2, -0.15) is 0 Å². The number of hydrogen-bond donors (Lipinski definition) is 2. The maximum Gasteiger partial charge on any atom is 0.224 e. The number of likely N-dealkylation sites (N-methyl/N-ethyl adjacent to an activating group) is 1. The average molecular weight is 314 g/mol. The molecule has 1 rings (SSSR count). The number of benzene rings is 1. The van der Waals surface area contributed by atoms with Gasteiger partial charge in [-0.1, -0.05) is 11.6 Å². The van der Waals surface area contributed by atoms with E-state index in [0.717, 1.165) is 32.7 Å². The molecule has 0 aliphatic heterocycles. The number of nitrogens with one attached hydrogen (secondary N) is 1. The molecule has 6 heteroatoms. The minimum atomic E-state index is -0.0396. The summed E-state index contributed by atoms with van der Waals surface area (Å²) >= 11 is 5.82. The van der Waals surface area contributed by atoms with E-state index in [1.54, 1.807) is 18.2 Å². The standard InChI is InChI=1S/C15H24ClN3O2/c1-3-21-10-9-19(2)8-4-5-15(20)18-14-7-6-12(16)11-13(14)17/h6-7,11H,3-5,8-10,17H2,1-2H3,(H,18,20).